The van der Waals surface area contributed by atoms with Gasteiger partial charge in [-0.25, -0.2) is 13.4 Å². The fourth-order valence-electron chi connectivity index (χ4n) is 1.62. The summed E-state index contributed by atoms with van der Waals surface area (Å²) in [5.41, 5.74) is 5.94. The zero-order valence-corrected chi connectivity index (χ0v) is 10.7. The maximum absolute atomic E-state index is 11.4. The first kappa shape index (κ1) is 13.6. The number of carbonyl (C=O) groups is 1. The largest absolute Gasteiger partial charge is 0.370 e. The number of amides is 1. The van der Waals surface area contributed by atoms with E-state index in [0.717, 1.165) is 18.2 Å². The summed E-state index contributed by atoms with van der Waals surface area (Å²) < 4.78 is 22.7. The summed E-state index contributed by atoms with van der Waals surface area (Å²) in [6.07, 6.45) is 3.48. The van der Waals surface area contributed by atoms with Crippen molar-refractivity contribution in [1.82, 2.24) is 4.98 Å². The molecule has 2 N–H and O–H groups in total. The molecule has 1 rings (SSSR count). The third-order valence-corrected chi connectivity index (χ3v) is 3.53. The second kappa shape index (κ2) is 5.27. The molecule has 0 saturated carbocycles. The highest BCUT2D eigenvalue weighted by atomic mass is 32.2. The lowest BCUT2D eigenvalue weighted by molar-refractivity contribution is -0.118. The van der Waals surface area contributed by atoms with E-state index in [1.807, 2.05) is 6.92 Å². The smallest absolute Gasteiger partial charge is 0.218 e. The molecule has 1 aromatic heterocycles. The van der Waals surface area contributed by atoms with E-state index in [9.17, 15) is 13.2 Å². The third-order valence-electron chi connectivity index (χ3n) is 2.55. The molecule has 0 fully saturated rings. The van der Waals surface area contributed by atoms with E-state index in [2.05, 4.69) is 4.98 Å². The van der Waals surface area contributed by atoms with Gasteiger partial charge in [-0.2, -0.15) is 0 Å². The second-order valence-corrected chi connectivity index (χ2v) is 5.94. The summed E-state index contributed by atoms with van der Waals surface area (Å²) in [6.45, 7) is 1.92. The van der Waals surface area contributed by atoms with Gasteiger partial charge in [0, 0.05) is 18.9 Å². The standard InChI is InChI=1S/C11H16N2O3S/c1-3-8(6-10(12)14)9-4-5-13-11(7-9)17(2,15)16/h4-5,7-8H,3,6H2,1-2H3,(H2,12,14). The summed E-state index contributed by atoms with van der Waals surface area (Å²) in [4.78, 5) is 14.7. The molecule has 17 heavy (non-hydrogen) atoms. The van der Waals surface area contributed by atoms with Crippen LogP contribution < -0.4 is 5.73 Å². The van der Waals surface area contributed by atoms with E-state index in [-0.39, 0.29) is 17.4 Å². The number of carbonyl (C=O) groups excluding carboxylic acids is 1. The highest BCUT2D eigenvalue weighted by Gasteiger charge is 2.16. The third kappa shape index (κ3) is 3.81. The van der Waals surface area contributed by atoms with Gasteiger partial charge in [-0.15, -0.1) is 0 Å². The Labute approximate surface area is 101 Å². The quantitative estimate of drug-likeness (QED) is 0.845. The zero-order chi connectivity index (χ0) is 13.1. The first-order valence-electron chi connectivity index (χ1n) is 5.29. The molecule has 0 radical (unpaired) electrons. The second-order valence-electron chi connectivity index (χ2n) is 3.98. The molecule has 0 spiro atoms. The molecule has 0 aliphatic carbocycles. The molecule has 0 saturated heterocycles. The van der Waals surface area contributed by atoms with Crippen LogP contribution in [0, 0.1) is 0 Å². The number of hydrogen-bond acceptors (Lipinski definition) is 4. The highest BCUT2D eigenvalue weighted by molar-refractivity contribution is 7.90. The molecule has 94 valence electrons. The Morgan fingerprint density at radius 1 is 1.53 bits per heavy atom. The van der Waals surface area contributed by atoms with Crippen molar-refractivity contribution in [3.63, 3.8) is 0 Å². The van der Waals surface area contributed by atoms with Crippen LogP contribution in [0.2, 0.25) is 0 Å². The van der Waals surface area contributed by atoms with Crippen molar-refractivity contribution in [2.24, 2.45) is 5.73 Å². The van der Waals surface area contributed by atoms with E-state index in [0.29, 0.717) is 0 Å². The van der Waals surface area contributed by atoms with Gasteiger partial charge >= 0.3 is 0 Å². The van der Waals surface area contributed by atoms with Crippen LogP contribution >= 0.6 is 0 Å². The Morgan fingerprint density at radius 2 is 2.18 bits per heavy atom. The van der Waals surface area contributed by atoms with Gasteiger partial charge in [0.25, 0.3) is 0 Å². The molecular weight excluding hydrogens is 240 g/mol. The number of hydrogen-bond donors (Lipinski definition) is 1. The van der Waals surface area contributed by atoms with Crippen molar-refractivity contribution < 1.29 is 13.2 Å². The number of pyridine rings is 1. The van der Waals surface area contributed by atoms with Crippen LogP contribution in [0.15, 0.2) is 23.4 Å². The molecule has 0 bridgehead atoms. The lowest BCUT2D eigenvalue weighted by Gasteiger charge is -2.13. The molecule has 0 aliphatic rings. The van der Waals surface area contributed by atoms with Gasteiger partial charge in [0.05, 0.1) is 0 Å². The van der Waals surface area contributed by atoms with Crippen molar-refractivity contribution in [1.29, 1.82) is 0 Å². The van der Waals surface area contributed by atoms with Crippen LogP contribution in [0.4, 0.5) is 0 Å². The van der Waals surface area contributed by atoms with Gasteiger partial charge < -0.3 is 5.73 Å². The Hall–Kier alpha value is -1.43. The maximum Gasteiger partial charge on any atom is 0.218 e. The van der Waals surface area contributed by atoms with Crippen molar-refractivity contribution in [3.8, 4) is 0 Å². The number of sulfone groups is 1. The van der Waals surface area contributed by atoms with Gasteiger partial charge in [-0.3, -0.25) is 4.79 Å². The number of rotatable bonds is 5. The van der Waals surface area contributed by atoms with Crippen LogP contribution in [0.5, 0.6) is 0 Å². The Bertz CT molecular complexity index is 511. The topological polar surface area (TPSA) is 90.1 Å². The van der Waals surface area contributed by atoms with Crippen molar-refractivity contribution in [2.75, 3.05) is 6.26 Å². The summed E-state index contributed by atoms with van der Waals surface area (Å²) in [6, 6.07) is 3.22. The van der Waals surface area contributed by atoms with Gasteiger partial charge in [0.1, 0.15) is 0 Å². The molecule has 1 amide bonds. The normalized spacial score (nSPS) is 13.3. The lowest BCUT2D eigenvalue weighted by Crippen LogP contribution is -2.15. The Kier molecular flexibility index (Phi) is 4.22. The number of nitrogens with zero attached hydrogens (tertiary/aromatic N) is 1. The number of nitrogens with two attached hydrogens (primary N) is 1. The van der Waals surface area contributed by atoms with E-state index in [1.165, 1.54) is 12.3 Å². The van der Waals surface area contributed by atoms with Crippen LogP contribution in [0.1, 0.15) is 31.2 Å². The summed E-state index contributed by atoms with van der Waals surface area (Å²) in [5, 5.41) is 0.0259. The Balaban J connectivity index is 3.09. The van der Waals surface area contributed by atoms with Crippen LogP contribution in [-0.2, 0) is 14.6 Å². The van der Waals surface area contributed by atoms with Gasteiger partial charge in [-0.05, 0) is 30.0 Å². The van der Waals surface area contributed by atoms with Crippen molar-refractivity contribution in [2.45, 2.75) is 30.7 Å². The summed E-state index contributed by atoms with van der Waals surface area (Å²) >= 11 is 0. The fraction of sp³-hybridized carbons (Fsp3) is 0.455. The predicted molar refractivity (Wildman–Crippen MR) is 64.2 cm³/mol. The van der Waals surface area contributed by atoms with Gasteiger partial charge in [-0.1, -0.05) is 6.92 Å². The van der Waals surface area contributed by atoms with Crippen LogP contribution in [-0.4, -0.2) is 25.6 Å². The first-order valence-corrected chi connectivity index (χ1v) is 7.18. The number of aromatic nitrogens is 1. The van der Waals surface area contributed by atoms with Crippen LogP contribution in [0.3, 0.4) is 0 Å². The SMILES string of the molecule is CCC(CC(N)=O)c1ccnc(S(C)(=O)=O)c1. The molecule has 0 aromatic carbocycles. The molecular formula is C11H16N2O3S. The minimum atomic E-state index is -3.32. The average molecular weight is 256 g/mol. The van der Waals surface area contributed by atoms with Crippen molar-refractivity contribution in [3.05, 3.63) is 23.9 Å². The Morgan fingerprint density at radius 3 is 2.65 bits per heavy atom. The van der Waals surface area contributed by atoms with Crippen molar-refractivity contribution >= 4 is 15.7 Å². The molecule has 0 aliphatic heterocycles. The minimum Gasteiger partial charge on any atom is -0.370 e. The predicted octanol–water partition coefficient (Wildman–Crippen LogP) is 0.854. The lowest BCUT2D eigenvalue weighted by atomic mass is 9.94. The van der Waals surface area contributed by atoms with Crippen LogP contribution in [0.25, 0.3) is 0 Å². The monoisotopic (exact) mass is 256 g/mol. The fourth-order valence-corrected chi connectivity index (χ4v) is 2.22. The summed E-state index contributed by atoms with van der Waals surface area (Å²) in [5.74, 6) is -0.453. The summed E-state index contributed by atoms with van der Waals surface area (Å²) in [7, 11) is -3.32. The first-order chi connectivity index (χ1) is 7.84. The molecule has 1 aromatic rings. The van der Waals surface area contributed by atoms with E-state index in [1.54, 1.807) is 6.07 Å². The average Bonchev–Trinajstić information content (AvgIpc) is 2.24. The molecule has 1 heterocycles. The number of primary amides is 1. The minimum absolute atomic E-state index is 0.0259. The molecule has 1 atom stereocenters. The highest BCUT2D eigenvalue weighted by Crippen LogP contribution is 2.24. The van der Waals surface area contributed by atoms with E-state index >= 15 is 0 Å². The molecule has 1 unspecified atom stereocenters. The molecule has 5 nitrogen and oxygen atoms in total. The van der Waals surface area contributed by atoms with Gasteiger partial charge in [0.2, 0.25) is 5.91 Å². The zero-order valence-electron chi connectivity index (χ0n) is 9.88. The maximum atomic E-state index is 11.4. The van der Waals surface area contributed by atoms with E-state index in [4.69, 9.17) is 5.73 Å². The van der Waals surface area contributed by atoms with E-state index < -0.39 is 15.7 Å². The molecule has 6 heteroatoms. The van der Waals surface area contributed by atoms with Gasteiger partial charge in [0.15, 0.2) is 14.9 Å².